The number of amidine groups is 1. The van der Waals surface area contributed by atoms with Crippen molar-refractivity contribution in [1.82, 2.24) is 4.98 Å². The highest BCUT2D eigenvalue weighted by molar-refractivity contribution is 6.04. The van der Waals surface area contributed by atoms with Gasteiger partial charge in [-0.15, -0.1) is 0 Å². The lowest BCUT2D eigenvalue weighted by Gasteiger charge is -2.27. The topological polar surface area (TPSA) is 80.7 Å². The van der Waals surface area contributed by atoms with Gasteiger partial charge in [0.25, 0.3) is 0 Å². The Kier molecular flexibility index (Phi) is 3.79. The molecule has 0 fully saturated rings. The Morgan fingerprint density at radius 1 is 1.40 bits per heavy atom. The van der Waals surface area contributed by atoms with Gasteiger partial charge in [-0.05, 0) is 32.4 Å². The zero-order chi connectivity index (χ0) is 14.8. The van der Waals surface area contributed by atoms with Crippen LogP contribution < -0.4 is 10.5 Å². The summed E-state index contributed by atoms with van der Waals surface area (Å²) in [5, 5.41) is 12.8. The molecule has 0 aliphatic heterocycles. The lowest BCUT2D eigenvalue weighted by atomic mass is 10.1. The number of hydrogen-bond donors (Lipinski definition) is 2. The number of benzene rings is 1. The molecule has 0 unspecified atom stereocenters. The summed E-state index contributed by atoms with van der Waals surface area (Å²) in [5.41, 5.74) is 6.68. The van der Waals surface area contributed by atoms with E-state index in [1.807, 2.05) is 45.0 Å². The van der Waals surface area contributed by atoms with E-state index in [9.17, 15) is 0 Å². The predicted molar refractivity (Wildman–Crippen MR) is 79.3 cm³/mol. The second-order valence-corrected chi connectivity index (χ2v) is 5.22. The van der Waals surface area contributed by atoms with Gasteiger partial charge in [0, 0.05) is 11.6 Å². The molecule has 106 valence electrons. The van der Waals surface area contributed by atoms with Gasteiger partial charge in [-0.1, -0.05) is 24.2 Å². The molecule has 2 rings (SSSR count). The average molecular weight is 273 g/mol. The van der Waals surface area contributed by atoms with Crippen LogP contribution in [0.3, 0.4) is 0 Å². The number of oxime groups is 1. The zero-order valence-corrected chi connectivity index (χ0v) is 11.9. The van der Waals surface area contributed by atoms with Gasteiger partial charge < -0.3 is 15.7 Å². The van der Waals surface area contributed by atoms with E-state index in [1.165, 1.54) is 0 Å². The Balaban J connectivity index is 2.68. The van der Waals surface area contributed by atoms with E-state index < -0.39 is 0 Å². The number of aromatic nitrogens is 1. The van der Waals surface area contributed by atoms with Crippen LogP contribution >= 0.6 is 0 Å². The fourth-order valence-corrected chi connectivity index (χ4v) is 1.81. The molecule has 1 aromatic carbocycles. The SMILES string of the molecule is CCC(C)(C)Oc1c(/C(N)=N/O)cnc2ccccc12. The highest BCUT2D eigenvalue weighted by atomic mass is 16.5. The van der Waals surface area contributed by atoms with Crippen molar-refractivity contribution in [1.29, 1.82) is 0 Å². The maximum Gasteiger partial charge on any atom is 0.175 e. The van der Waals surface area contributed by atoms with Gasteiger partial charge in [0.1, 0.15) is 11.4 Å². The largest absolute Gasteiger partial charge is 0.486 e. The van der Waals surface area contributed by atoms with Crippen LogP contribution in [0.25, 0.3) is 10.9 Å². The second kappa shape index (κ2) is 5.36. The zero-order valence-electron chi connectivity index (χ0n) is 11.9. The summed E-state index contributed by atoms with van der Waals surface area (Å²) in [6.45, 7) is 6.04. The van der Waals surface area contributed by atoms with Crippen molar-refractivity contribution in [3.8, 4) is 5.75 Å². The predicted octanol–water partition coefficient (Wildman–Crippen LogP) is 2.90. The Morgan fingerprint density at radius 2 is 2.10 bits per heavy atom. The first-order valence-corrected chi connectivity index (χ1v) is 6.53. The monoisotopic (exact) mass is 273 g/mol. The van der Waals surface area contributed by atoms with Crippen LogP contribution in [0.1, 0.15) is 32.8 Å². The summed E-state index contributed by atoms with van der Waals surface area (Å²) in [4.78, 5) is 4.31. The van der Waals surface area contributed by atoms with Crippen LogP contribution in [-0.4, -0.2) is 21.6 Å². The van der Waals surface area contributed by atoms with Gasteiger partial charge in [0.2, 0.25) is 0 Å². The van der Waals surface area contributed by atoms with Crippen LogP contribution in [-0.2, 0) is 0 Å². The molecule has 3 N–H and O–H groups in total. The minimum absolute atomic E-state index is 0.00911. The molecule has 2 aromatic rings. The maximum atomic E-state index is 8.92. The highest BCUT2D eigenvalue weighted by Crippen LogP contribution is 2.32. The first-order chi connectivity index (χ1) is 9.48. The Morgan fingerprint density at radius 3 is 2.75 bits per heavy atom. The van der Waals surface area contributed by atoms with E-state index in [1.54, 1.807) is 6.20 Å². The standard InChI is InChI=1S/C15H19N3O2/c1-4-15(2,3)20-13-10-7-5-6-8-12(10)17-9-11(13)14(16)18-19/h5-9,19H,4H2,1-3H3,(H2,16,18). The number of rotatable bonds is 4. The number of para-hydroxylation sites is 1. The molecule has 0 amide bonds. The third-order valence-electron chi connectivity index (χ3n) is 3.34. The summed E-state index contributed by atoms with van der Waals surface area (Å²) in [6, 6.07) is 7.63. The van der Waals surface area contributed by atoms with Crippen LogP contribution in [0, 0.1) is 0 Å². The van der Waals surface area contributed by atoms with Crippen LogP contribution in [0.15, 0.2) is 35.6 Å². The highest BCUT2D eigenvalue weighted by Gasteiger charge is 2.22. The van der Waals surface area contributed by atoms with Gasteiger partial charge in [-0.3, -0.25) is 4.98 Å². The summed E-state index contributed by atoms with van der Waals surface area (Å²) in [5.74, 6) is 0.586. The van der Waals surface area contributed by atoms with Crippen molar-refractivity contribution in [3.05, 3.63) is 36.0 Å². The molecule has 0 saturated carbocycles. The molecule has 20 heavy (non-hydrogen) atoms. The van der Waals surface area contributed by atoms with Crippen LogP contribution in [0.5, 0.6) is 5.75 Å². The van der Waals surface area contributed by atoms with Gasteiger partial charge in [-0.25, -0.2) is 0 Å². The van der Waals surface area contributed by atoms with Crippen LogP contribution in [0.4, 0.5) is 0 Å². The van der Waals surface area contributed by atoms with Gasteiger partial charge in [-0.2, -0.15) is 0 Å². The summed E-state index contributed by atoms with van der Waals surface area (Å²) in [7, 11) is 0. The van der Waals surface area contributed by atoms with Crippen molar-refractivity contribution in [3.63, 3.8) is 0 Å². The molecule has 0 aliphatic carbocycles. The number of nitrogens with zero attached hydrogens (tertiary/aromatic N) is 2. The van der Waals surface area contributed by atoms with Gasteiger partial charge in [0.05, 0.1) is 11.1 Å². The van der Waals surface area contributed by atoms with E-state index in [4.69, 9.17) is 15.7 Å². The molecule has 5 heteroatoms. The quantitative estimate of drug-likeness (QED) is 0.388. The van der Waals surface area contributed by atoms with E-state index in [0.717, 1.165) is 17.3 Å². The fourth-order valence-electron chi connectivity index (χ4n) is 1.81. The fraction of sp³-hybridized carbons (Fsp3) is 0.333. The van der Waals surface area contributed by atoms with Crippen LogP contribution in [0.2, 0.25) is 0 Å². The maximum absolute atomic E-state index is 8.92. The number of fused-ring (bicyclic) bond motifs is 1. The molecule has 1 aromatic heterocycles. The molecule has 0 radical (unpaired) electrons. The summed E-state index contributed by atoms with van der Waals surface area (Å²) < 4.78 is 6.11. The molecule has 1 heterocycles. The van der Waals surface area contributed by atoms with E-state index in [0.29, 0.717) is 11.3 Å². The summed E-state index contributed by atoms with van der Waals surface area (Å²) in [6.07, 6.45) is 2.40. The van der Waals surface area contributed by atoms with Crippen molar-refractivity contribution in [2.75, 3.05) is 0 Å². The number of ether oxygens (including phenoxy) is 1. The second-order valence-electron chi connectivity index (χ2n) is 5.22. The Hall–Kier alpha value is -2.30. The molecule has 0 bridgehead atoms. The third kappa shape index (κ3) is 2.66. The summed E-state index contributed by atoms with van der Waals surface area (Å²) >= 11 is 0. The number of nitrogens with two attached hydrogens (primary N) is 1. The molecular formula is C15H19N3O2. The first-order valence-electron chi connectivity index (χ1n) is 6.53. The van der Waals surface area contributed by atoms with Crippen molar-refractivity contribution in [2.24, 2.45) is 10.9 Å². The normalized spacial score (nSPS) is 12.7. The number of pyridine rings is 1. The molecular weight excluding hydrogens is 254 g/mol. The third-order valence-corrected chi connectivity index (χ3v) is 3.34. The van der Waals surface area contributed by atoms with Crippen molar-refractivity contribution < 1.29 is 9.94 Å². The van der Waals surface area contributed by atoms with Crippen molar-refractivity contribution >= 4 is 16.7 Å². The smallest absolute Gasteiger partial charge is 0.175 e. The lowest BCUT2D eigenvalue weighted by Crippen LogP contribution is -2.28. The van der Waals surface area contributed by atoms with E-state index in [2.05, 4.69) is 10.1 Å². The first kappa shape index (κ1) is 14.1. The molecule has 0 saturated heterocycles. The molecule has 0 atom stereocenters. The van der Waals surface area contributed by atoms with Gasteiger partial charge >= 0.3 is 0 Å². The lowest BCUT2D eigenvalue weighted by molar-refractivity contribution is 0.107. The minimum atomic E-state index is -0.353. The number of hydrogen-bond acceptors (Lipinski definition) is 4. The van der Waals surface area contributed by atoms with Gasteiger partial charge in [0.15, 0.2) is 5.84 Å². The Labute approximate surface area is 118 Å². The van der Waals surface area contributed by atoms with Crippen molar-refractivity contribution in [2.45, 2.75) is 32.8 Å². The average Bonchev–Trinajstić information content (AvgIpc) is 2.46. The molecule has 5 nitrogen and oxygen atoms in total. The van der Waals surface area contributed by atoms with E-state index in [-0.39, 0.29) is 11.4 Å². The molecule has 0 spiro atoms. The minimum Gasteiger partial charge on any atom is -0.486 e. The van der Waals surface area contributed by atoms with E-state index >= 15 is 0 Å². The molecule has 0 aliphatic rings. The Bertz CT molecular complexity index is 651.